The highest BCUT2D eigenvalue weighted by atomic mass is 79.9. The third-order valence-electron chi connectivity index (χ3n) is 5.09. The lowest BCUT2D eigenvalue weighted by atomic mass is 10.2. The maximum absolute atomic E-state index is 12.9. The Labute approximate surface area is 208 Å². The molecule has 1 aliphatic heterocycles. The summed E-state index contributed by atoms with van der Waals surface area (Å²) in [6.45, 7) is 4.82. The Bertz CT molecular complexity index is 1100. The number of thiocarbonyl (C=S) groups is 1. The number of likely N-dealkylation sites (N-methyl/N-ethyl adjacent to an activating group) is 1. The van der Waals surface area contributed by atoms with Gasteiger partial charge in [0.2, 0.25) is 10.0 Å². The van der Waals surface area contributed by atoms with Gasteiger partial charge in [0.1, 0.15) is 5.75 Å². The molecule has 0 aliphatic carbocycles. The number of carbonyl (C=O) groups is 1. The third kappa shape index (κ3) is 6.73. The van der Waals surface area contributed by atoms with Crippen LogP contribution in [-0.2, 0) is 10.0 Å². The number of piperazine rings is 1. The van der Waals surface area contributed by atoms with Crippen molar-refractivity contribution in [3.63, 3.8) is 0 Å². The molecule has 2 aromatic carbocycles. The number of hydrogen-bond donors (Lipinski definition) is 2. The minimum Gasteiger partial charge on any atom is -0.493 e. The molecule has 1 heterocycles. The van der Waals surface area contributed by atoms with Crippen molar-refractivity contribution < 1.29 is 17.9 Å². The number of sulfonamides is 1. The van der Waals surface area contributed by atoms with Crippen molar-refractivity contribution in [3.05, 3.63) is 52.5 Å². The number of benzene rings is 2. The first kappa shape index (κ1) is 25.6. The molecular weight excluding hydrogens is 528 g/mol. The summed E-state index contributed by atoms with van der Waals surface area (Å²) in [6, 6.07) is 11.5. The number of nitrogens with zero attached hydrogens (tertiary/aromatic N) is 2. The second-order valence-electron chi connectivity index (χ2n) is 7.63. The summed E-state index contributed by atoms with van der Waals surface area (Å²) < 4.78 is 33.6. The predicted molar refractivity (Wildman–Crippen MR) is 136 cm³/mol. The number of hydrogen-bond acceptors (Lipinski definition) is 6. The van der Waals surface area contributed by atoms with E-state index < -0.39 is 15.9 Å². The molecule has 0 spiro atoms. The first-order valence-electron chi connectivity index (χ1n) is 10.5. The maximum Gasteiger partial charge on any atom is 0.261 e. The lowest BCUT2D eigenvalue weighted by Crippen LogP contribution is -2.46. The van der Waals surface area contributed by atoms with E-state index >= 15 is 0 Å². The molecule has 2 N–H and O–H groups in total. The average molecular weight is 556 g/mol. The molecule has 0 atom stereocenters. The largest absolute Gasteiger partial charge is 0.493 e. The number of carbonyl (C=O) groups excluding carboxylic acids is 1. The van der Waals surface area contributed by atoms with Crippen LogP contribution in [0.5, 0.6) is 5.75 Å². The standard InChI is InChI=1S/C22H27BrN4O4S2/c1-3-14-31-20-9-4-16(23)15-19(20)21(28)25-22(32)24-17-5-7-18(8-6-17)33(29,30)27-12-10-26(2)11-13-27/h4-9,15H,3,10-14H2,1-2H3,(H2,24,25,28,32). The summed E-state index contributed by atoms with van der Waals surface area (Å²) in [4.78, 5) is 15.1. The minimum absolute atomic E-state index is 0.0936. The Morgan fingerprint density at radius 1 is 1.12 bits per heavy atom. The lowest BCUT2D eigenvalue weighted by molar-refractivity contribution is 0.0973. The molecule has 8 nitrogen and oxygen atoms in total. The third-order valence-corrected chi connectivity index (χ3v) is 7.70. The van der Waals surface area contributed by atoms with Crippen molar-refractivity contribution in [2.24, 2.45) is 0 Å². The van der Waals surface area contributed by atoms with Crippen molar-refractivity contribution in [2.45, 2.75) is 18.2 Å². The van der Waals surface area contributed by atoms with Crippen LogP contribution in [0.25, 0.3) is 0 Å². The van der Waals surface area contributed by atoms with E-state index in [9.17, 15) is 13.2 Å². The van der Waals surface area contributed by atoms with Crippen LogP contribution in [0, 0.1) is 0 Å². The van der Waals surface area contributed by atoms with E-state index in [2.05, 4.69) is 31.5 Å². The van der Waals surface area contributed by atoms with Gasteiger partial charge >= 0.3 is 0 Å². The molecule has 2 aromatic rings. The van der Waals surface area contributed by atoms with Gasteiger partial charge in [-0.1, -0.05) is 22.9 Å². The second-order valence-corrected chi connectivity index (χ2v) is 10.9. The van der Waals surface area contributed by atoms with Crippen LogP contribution in [0.2, 0.25) is 0 Å². The summed E-state index contributed by atoms with van der Waals surface area (Å²) in [5.41, 5.74) is 0.921. The molecule has 0 radical (unpaired) electrons. The van der Waals surface area contributed by atoms with Gasteiger partial charge in [-0.2, -0.15) is 4.31 Å². The van der Waals surface area contributed by atoms with Gasteiger partial charge in [-0.25, -0.2) is 8.42 Å². The zero-order valence-electron chi connectivity index (χ0n) is 18.5. The average Bonchev–Trinajstić information content (AvgIpc) is 2.78. The fraction of sp³-hybridized carbons (Fsp3) is 0.364. The fourth-order valence-corrected chi connectivity index (χ4v) is 5.23. The van der Waals surface area contributed by atoms with Gasteiger partial charge in [-0.3, -0.25) is 10.1 Å². The summed E-state index contributed by atoms with van der Waals surface area (Å²) in [5.74, 6) is 0.0629. The smallest absolute Gasteiger partial charge is 0.261 e. The van der Waals surface area contributed by atoms with Gasteiger partial charge in [0.05, 0.1) is 17.1 Å². The molecule has 0 saturated carbocycles. The van der Waals surface area contributed by atoms with Crippen molar-refractivity contribution in [3.8, 4) is 5.75 Å². The highest BCUT2D eigenvalue weighted by molar-refractivity contribution is 9.10. The van der Waals surface area contributed by atoms with Gasteiger partial charge in [0, 0.05) is 36.3 Å². The number of ether oxygens (including phenoxy) is 1. The summed E-state index contributed by atoms with van der Waals surface area (Å²) in [5, 5.41) is 5.65. The van der Waals surface area contributed by atoms with Crippen LogP contribution in [-0.4, -0.2) is 68.5 Å². The number of anilines is 1. The van der Waals surface area contributed by atoms with E-state index in [0.717, 1.165) is 10.9 Å². The van der Waals surface area contributed by atoms with Gasteiger partial charge in [-0.05, 0) is 68.2 Å². The van der Waals surface area contributed by atoms with Crippen LogP contribution in [0.15, 0.2) is 51.8 Å². The van der Waals surface area contributed by atoms with Crippen LogP contribution < -0.4 is 15.4 Å². The van der Waals surface area contributed by atoms with Gasteiger partial charge in [-0.15, -0.1) is 0 Å². The molecule has 0 unspecified atom stereocenters. The summed E-state index contributed by atoms with van der Waals surface area (Å²) >= 11 is 8.64. The Hall–Kier alpha value is -2.05. The van der Waals surface area contributed by atoms with Crippen molar-refractivity contribution in [1.82, 2.24) is 14.5 Å². The molecule has 3 rings (SSSR count). The van der Waals surface area contributed by atoms with Crippen molar-refractivity contribution in [2.75, 3.05) is 45.2 Å². The topological polar surface area (TPSA) is 91.0 Å². The molecule has 0 bridgehead atoms. The fourth-order valence-electron chi connectivity index (χ4n) is 3.24. The lowest BCUT2D eigenvalue weighted by Gasteiger charge is -2.31. The first-order chi connectivity index (χ1) is 15.7. The molecule has 1 amide bonds. The highest BCUT2D eigenvalue weighted by Gasteiger charge is 2.27. The molecule has 1 fully saturated rings. The molecule has 11 heteroatoms. The quantitative estimate of drug-likeness (QED) is 0.507. The Kier molecular flexibility index (Phi) is 8.82. The zero-order chi connectivity index (χ0) is 24.0. The van der Waals surface area contributed by atoms with Gasteiger partial charge < -0.3 is 15.0 Å². The van der Waals surface area contributed by atoms with Crippen molar-refractivity contribution >= 4 is 54.9 Å². The van der Waals surface area contributed by atoms with Gasteiger partial charge in [0.25, 0.3) is 5.91 Å². The van der Waals surface area contributed by atoms with Crippen LogP contribution in [0.4, 0.5) is 5.69 Å². The van der Waals surface area contributed by atoms with Crippen LogP contribution in [0.1, 0.15) is 23.7 Å². The summed E-state index contributed by atoms with van der Waals surface area (Å²) in [7, 11) is -1.57. The van der Waals surface area contributed by atoms with E-state index in [1.807, 2.05) is 14.0 Å². The maximum atomic E-state index is 12.9. The van der Waals surface area contributed by atoms with E-state index in [1.54, 1.807) is 30.3 Å². The normalized spacial score (nSPS) is 15.1. The molecule has 33 heavy (non-hydrogen) atoms. The molecule has 1 aliphatic rings. The number of nitrogens with one attached hydrogen (secondary N) is 2. The van der Waals surface area contributed by atoms with E-state index in [4.69, 9.17) is 17.0 Å². The van der Waals surface area contributed by atoms with E-state index in [0.29, 0.717) is 49.8 Å². The molecule has 1 saturated heterocycles. The van der Waals surface area contributed by atoms with E-state index in [-0.39, 0.29) is 10.0 Å². The van der Waals surface area contributed by atoms with Crippen molar-refractivity contribution in [1.29, 1.82) is 0 Å². The molecule has 178 valence electrons. The van der Waals surface area contributed by atoms with Crippen LogP contribution in [0.3, 0.4) is 0 Å². The molecule has 0 aromatic heterocycles. The summed E-state index contributed by atoms with van der Waals surface area (Å²) in [6.07, 6.45) is 0.817. The number of amides is 1. The zero-order valence-corrected chi connectivity index (χ0v) is 21.7. The van der Waals surface area contributed by atoms with Crippen LogP contribution >= 0.6 is 28.1 Å². The van der Waals surface area contributed by atoms with E-state index in [1.165, 1.54) is 16.4 Å². The predicted octanol–water partition coefficient (Wildman–Crippen LogP) is 3.30. The SMILES string of the molecule is CCCOc1ccc(Br)cc1C(=O)NC(=S)Nc1ccc(S(=O)(=O)N2CCN(C)CC2)cc1. The number of rotatable bonds is 7. The minimum atomic E-state index is -3.54. The monoisotopic (exact) mass is 554 g/mol. The second kappa shape index (κ2) is 11.4. The first-order valence-corrected chi connectivity index (χ1v) is 13.2. The Morgan fingerprint density at radius 3 is 2.42 bits per heavy atom. The Balaban J connectivity index is 1.63. The Morgan fingerprint density at radius 2 is 1.79 bits per heavy atom. The highest BCUT2D eigenvalue weighted by Crippen LogP contribution is 2.24. The molecular formula is C22H27BrN4O4S2. The van der Waals surface area contributed by atoms with Gasteiger partial charge in [0.15, 0.2) is 5.11 Å². The number of halogens is 1.